The lowest BCUT2D eigenvalue weighted by atomic mass is 9.93. The average molecular weight is 299 g/mol. The minimum Gasteiger partial charge on any atom is -0.471 e. The predicted octanol–water partition coefficient (Wildman–Crippen LogP) is 2.78. The van der Waals surface area contributed by atoms with Crippen molar-refractivity contribution in [3.63, 3.8) is 0 Å². The molecule has 0 bridgehead atoms. The van der Waals surface area contributed by atoms with Crippen molar-refractivity contribution in [1.82, 2.24) is 0 Å². The molecule has 116 valence electrons. The molecule has 1 aromatic heterocycles. The Kier molecular flexibility index (Phi) is 6.42. The lowest BCUT2D eigenvalue weighted by Gasteiger charge is -2.27. The van der Waals surface area contributed by atoms with Crippen LogP contribution in [0.25, 0.3) is 0 Å². The van der Waals surface area contributed by atoms with Crippen LogP contribution in [0, 0.1) is 0 Å². The normalized spacial score (nSPS) is 13.3. The highest BCUT2D eigenvalue weighted by atomic mass is 16.5. The monoisotopic (exact) mass is 299 g/mol. The number of hydrogen-bond donors (Lipinski definition) is 1. The smallest absolute Gasteiger partial charge is 0.292 e. The van der Waals surface area contributed by atoms with Gasteiger partial charge in [0.2, 0.25) is 0 Å². The van der Waals surface area contributed by atoms with E-state index in [4.69, 9.17) is 4.79 Å². The molecular formula is C18H23N2O2+. The van der Waals surface area contributed by atoms with Crippen LogP contribution >= 0.6 is 0 Å². The molecule has 0 aliphatic heterocycles. The molecule has 1 saturated carbocycles. The molecule has 0 amide bonds. The number of pyridine rings is 1. The number of rotatable bonds is 5. The number of carbonyl (C=O) groups excluding carboxylic acids is 1. The third-order valence-corrected chi connectivity index (χ3v) is 3.67. The largest absolute Gasteiger partial charge is 0.471 e. The van der Waals surface area contributed by atoms with Gasteiger partial charge in [0.25, 0.3) is 6.47 Å². The summed E-state index contributed by atoms with van der Waals surface area (Å²) < 4.78 is 6.07. The Bertz CT molecular complexity index is 551. The molecule has 1 aromatic carbocycles. The summed E-state index contributed by atoms with van der Waals surface area (Å²) in [7, 11) is 1.31. The van der Waals surface area contributed by atoms with Gasteiger partial charge >= 0.3 is 0 Å². The molecule has 0 unspecified atom stereocenters. The first-order chi connectivity index (χ1) is 10.8. The van der Waals surface area contributed by atoms with Crippen molar-refractivity contribution in [2.24, 2.45) is 0 Å². The zero-order valence-corrected chi connectivity index (χ0v) is 12.9. The van der Waals surface area contributed by atoms with Gasteiger partial charge in [0, 0.05) is 29.4 Å². The highest BCUT2D eigenvalue weighted by Crippen LogP contribution is 2.22. The minimum absolute atomic E-state index is 0.375. The summed E-state index contributed by atoms with van der Waals surface area (Å²) in [6, 6.07) is 15.6. The summed E-state index contributed by atoms with van der Waals surface area (Å²) >= 11 is 0. The molecule has 1 heterocycles. The van der Waals surface area contributed by atoms with Gasteiger partial charge in [-0.1, -0.05) is 30.3 Å². The Morgan fingerprint density at radius 1 is 1.18 bits per heavy atom. The maximum atomic E-state index is 8.95. The lowest BCUT2D eigenvalue weighted by Crippen LogP contribution is -2.33. The van der Waals surface area contributed by atoms with Gasteiger partial charge in [-0.15, -0.1) is 0 Å². The quantitative estimate of drug-likeness (QED) is 0.682. The van der Waals surface area contributed by atoms with E-state index in [2.05, 4.69) is 69.5 Å². The molecule has 2 aromatic rings. The second-order valence-corrected chi connectivity index (χ2v) is 5.35. The van der Waals surface area contributed by atoms with Gasteiger partial charge < -0.3 is 10.1 Å². The Labute approximate surface area is 131 Å². The third kappa shape index (κ3) is 5.20. The first-order valence-corrected chi connectivity index (χ1v) is 7.58. The standard InChI is InChI=1S/C16H18N2.C2H4O2/c1-2-5-14(6-3-1)13-18-11-9-16(10-12-18)17-15-7-4-8-15;1-4-2-3/h1-3,5-6,9-12,15H,4,7-8,13H2;2H,1H3/p+1. The van der Waals surface area contributed by atoms with Crippen molar-refractivity contribution in [2.75, 3.05) is 12.4 Å². The van der Waals surface area contributed by atoms with Crippen LogP contribution in [0.2, 0.25) is 0 Å². The minimum atomic E-state index is 0.375. The van der Waals surface area contributed by atoms with E-state index < -0.39 is 0 Å². The average Bonchev–Trinajstić information content (AvgIpc) is 2.54. The number of anilines is 1. The van der Waals surface area contributed by atoms with Gasteiger partial charge in [-0.25, -0.2) is 4.57 Å². The van der Waals surface area contributed by atoms with Crippen molar-refractivity contribution >= 4 is 12.2 Å². The predicted molar refractivity (Wildman–Crippen MR) is 86.5 cm³/mol. The topological polar surface area (TPSA) is 42.2 Å². The fourth-order valence-corrected chi connectivity index (χ4v) is 2.24. The van der Waals surface area contributed by atoms with E-state index in [0.29, 0.717) is 12.5 Å². The zero-order chi connectivity index (χ0) is 15.6. The Morgan fingerprint density at radius 2 is 1.82 bits per heavy atom. The van der Waals surface area contributed by atoms with Crippen molar-refractivity contribution in [3.8, 4) is 0 Å². The van der Waals surface area contributed by atoms with E-state index in [1.54, 1.807) is 0 Å². The number of methoxy groups -OCH3 is 1. The van der Waals surface area contributed by atoms with E-state index in [-0.39, 0.29) is 0 Å². The second kappa shape index (κ2) is 8.82. The first-order valence-electron chi connectivity index (χ1n) is 7.58. The van der Waals surface area contributed by atoms with Crippen molar-refractivity contribution < 1.29 is 14.1 Å². The molecular weight excluding hydrogens is 276 g/mol. The fraction of sp³-hybridized carbons (Fsp3) is 0.333. The number of ether oxygens (including phenoxy) is 1. The maximum Gasteiger partial charge on any atom is 0.292 e. The zero-order valence-electron chi connectivity index (χ0n) is 12.9. The number of hydrogen-bond acceptors (Lipinski definition) is 3. The van der Waals surface area contributed by atoms with E-state index in [1.807, 2.05) is 0 Å². The number of nitrogens with zero attached hydrogens (tertiary/aromatic N) is 1. The molecule has 0 spiro atoms. The van der Waals surface area contributed by atoms with E-state index in [9.17, 15) is 0 Å². The van der Waals surface area contributed by atoms with Crippen LogP contribution in [0.3, 0.4) is 0 Å². The van der Waals surface area contributed by atoms with E-state index in [1.165, 1.54) is 37.6 Å². The van der Waals surface area contributed by atoms with Gasteiger partial charge in [-0.2, -0.15) is 0 Å². The van der Waals surface area contributed by atoms with E-state index in [0.717, 1.165) is 6.54 Å². The van der Waals surface area contributed by atoms with Crippen LogP contribution in [-0.4, -0.2) is 19.6 Å². The fourth-order valence-electron chi connectivity index (χ4n) is 2.24. The van der Waals surface area contributed by atoms with Crippen LogP contribution in [0.4, 0.5) is 5.69 Å². The Morgan fingerprint density at radius 3 is 2.32 bits per heavy atom. The van der Waals surface area contributed by atoms with Gasteiger partial charge in [0.05, 0.1) is 7.11 Å². The molecule has 22 heavy (non-hydrogen) atoms. The molecule has 0 radical (unpaired) electrons. The molecule has 1 N–H and O–H groups in total. The van der Waals surface area contributed by atoms with Crippen molar-refractivity contribution in [1.29, 1.82) is 0 Å². The number of aromatic nitrogens is 1. The van der Waals surface area contributed by atoms with Gasteiger partial charge in [-0.3, -0.25) is 4.79 Å². The maximum absolute atomic E-state index is 8.95. The van der Waals surface area contributed by atoms with Crippen molar-refractivity contribution in [3.05, 3.63) is 60.4 Å². The summed E-state index contributed by atoms with van der Waals surface area (Å²) in [5.41, 5.74) is 2.58. The van der Waals surface area contributed by atoms with Gasteiger partial charge in [-0.05, 0) is 19.3 Å². The van der Waals surface area contributed by atoms with Crippen LogP contribution < -0.4 is 9.88 Å². The highest BCUT2D eigenvalue weighted by Gasteiger charge is 2.16. The van der Waals surface area contributed by atoms with Gasteiger partial charge in [0.1, 0.15) is 0 Å². The third-order valence-electron chi connectivity index (χ3n) is 3.67. The summed E-state index contributed by atoms with van der Waals surface area (Å²) in [4.78, 5) is 8.95. The number of benzene rings is 1. The first kappa shape index (κ1) is 16.0. The summed E-state index contributed by atoms with van der Waals surface area (Å²) in [5.74, 6) is 0. The molecule has 3 rings (SSSR count). The van der Waals surface area contributed by atoms with Gasteiger partial charge in [0.15, 0.2) is 18.9 Å². The molecule has 1 fully saturated rings. The lowest BCUT2D eigenvalue weighted by molar-refractivity contribution is -0.688. The summed E-state index contributed by atoms with van der Waals surface area (Å²) in [6.45, 7) is 1.31. The second-order valence-electron chi connectivity index (χ2n) is 5.35. The molecule has 4 heteroatoms. The Hall–Kier alpha value is -2.36. The number of carbonyl (C=O) groups is 1. The van der Waals surface area contributed by atoms with Crippen molar-refractivity contribution in [2.45, 2.75) is 31.8 Å². The molecule has 1 aliphatic rings. The molecule has 1 aliphatic carbocycles. The highest BCUT2D eigenvalue weighted by molar-refractivity contribution is 5.41. The van der Waals surface area contributed by atoms with Crippen LogP contribution in [0.1, 0.15) is 24.8 Å². The molecule has 4 nitrogen and oxygen atoms in total. The summed E-state index contributed by atoms with van der Waals surface area (Å²) in [6.07, 6.45) is 8.30. The molecule has 0 saturated heterocycles. The Balaban J connectivity index is 0.000000396. The SMILES string of the molecule is COC=O.c1ccc(C[n+]2ccc(NC3CCC3)cc2)cc1. The summed E-state index contributed by atoms with van der Waals surface area (Å²) in [5, 5.41) is 3.56. The van der Waals surface area contributed by atoms with Crippen LogP contribution in [-0.2, 0) is 16.1 Å². The van der Waals surface area contributed by atoms with Crippen LogP contribution in [0.5, 0.6) is 0 Å². The number of nitrogens with one attached hydrogen (secondary N) is 1. The van der Waals surface area contributed by atoms with E-state index >= 15 is 0 Å². The van der Waals surface area contributed by atoms with Crippen LogP contribution in [0.15, 0.2) is 54.9 Å². The molecule has 0 atom stereocenters.